The van der Waals surface area contributed by atoms with Crippen molar-refractivity contribution in [3.63, 3.8) is 0 Å². The van der Waals surface area contributed by atoms with Gasteiger partial charge in [0.1, 0.15) is 0 Å². The van der Waals surface area contributed by atoms with E-state index in [9.17, 15) is 4.79 Å². The van der Waals surface area contributed by atoms with Crippen LogP contribution in [0, 0.1) is 0 Å². The molecule has 17 heavy (non-hydrogen) atoms. The third-order valence-electron chi connectivity index (χ3n) is 2.60. The van der Waals surface area contributed by atoms with Gasteiger partial charge in [0.25, 0.3) is 0 Å². The minimum Gasteiger partial charge on any atom is -0.348 e. The summed E-state index contributed by atoms with van der Waals surface area (Å²) in [6.45, 7) is 0. The number of nitrogens with zero attached hydrogens (tertiary/aromatic N) is 1. The van der Waals surface area contributed by atoms with Crippen LogP contribution in [0.3, 0.4) is 0 Å². The zero-order chi connectivity index (χ0) is 12.4. The molecular weight excluding hydrogens is 257 g/mol. The van der Waals surface area contributed by atoms with Crippen molar-refractivity contribution < 1.29 is 4.79 Å². The van der Waals surface area contributed by atoms with Crippen molar-refractivity contribution >= 4 is 29.0 Å². The first-order chi connectivity index (χ1) is 8.08. The van der Waals surface area contributed by atoms with E-state index in [0.717, 1.165) is 5.56 Å². The molecule has 0 aliphatic rings. The number of aromatic nitrogens is 1. The second-order valence-corrected chi connectivity index (χ2v) is 4.68. The number of Topliss-reactive ketones (excluding diaryl/α,β-unsaturated/α-hetero) is 1. The van der Waals surface area contributed by atoms with Crippen molar-refractivity contribution in [1.29, 1.82) is 0 Å². The second-order valence-electron chi connectivity index (χ2n) is 3.84. The van der Waals surface area contributed by atoms with Gasteiger partial charge in [-0.2, -0.15) is 0 Å². The Morgan fingerprint density at radius 3 is 2.65 bits per heavy atom. The van der Waals surface area contributed by atoms with Gasteiger partial charge in [-0.1, -0.05) is 29.3 Å². The molecule has 88 valence electrons. The van der Waals surface area contributed by atoms with E-state index >= 15 is 0 Å². The predicted octanol–water partition coefficient (Wildman–Crippen LogP) is 3.76. The van der Waals surface area contributed by atoms with Gasteiger partial charge in [-0.15, -0.1) is 0 Å². The molecule has 0 unspecified atom stereocenters. The van der Waals surface area contributed by atoms with Gasteiger partial charge in [0.05, 0.1) is 5.69 Å². The zero-order valence-electron chi connectivity index (χ0n) is 9.28. The maximum Gasteiger partial charge on any atom is 0.183 e. The summed E-state index contributed by atoms with van der Waals surface area (Å²) in [4.78, 5) is 12.0. The Hall–Kier alpha value is -1.25. The summed E-state index contributed by atoms with van der Waals surface area (Å²) in [7, 11) is 1.84. The first-order valence-electron chi connectivity index (χ1n) is 5.16. The van der Waals surface area contributed by atoms with Crippen LogP contribution in [0.5, 0.6) is 0 Å². The van der Waals surface area contributed by atoms with E-state index in [1.165, 1.54) is 0 Å². The van der Waals surface area contributed by atoms with Crippen molar-refractivity contribution in [2.75, 3.05) is 0 Å². The Bertz CT molecular complexity index is 560. The molecule has 2 nitrogen and oxygen atoms in total. The Balaban J connectivity index is 2.22. The quantitative estimate of drug-likeness (QED) is 0.777. The maximum atomic E-state index is 12.0. The highest BCUT2D eigenvalue weighted by Gasteiger charge is 2.12. The third-order valence-corrected chi connectivity index (χ3v) is 3.18. The lowest BCUT2D eigenvalue weighted by molar-refractivity contribution is 0.0985. The van der Waals surface area contributed by atoms with Crippen molar-refractivity contribution in [2.45, 2.75) is 6.42 Å². The summed E-state index contributed by atoms with van der Waals surface area (Å²) in [5.74, 6) is 0.0433. The summed E-state index contributed by atoms with van der Waals surface area (Å²) in [6, 6.07) is 8.81. The molecule has 2 rings (SSSR count). The number of hydrogen-bond acceptors (Lipinski definition) is 1. The topological polar surface area (TPSA) is 22.0 Å². The minimum atomic E-state index is 0.0433. The minimum absolute atomic E-state index is 0.0433. The lowest BCUT2D eigenvalue weighted by Gasteiger charge is -2.05. The van der Waals surface area contributed by atoms with Gasteiger partial charge >= 0.3 is 0 Å². The number of carbonyl (C=O) groups excluding carboxylic acids is 1. The molecule has 0 fully saturated rings. The lowest BCUT2D eigenvalue weighted by atomic mass is 10.1. The number of carbonyl (C=O) groups is 1. The average molecular weight is 268 g/mol. The second kappa shape index (κ2) is 4.94. The molecule has 0 aliphatic heterocycles. The van der Waals surface area contributed by atoms with E-state index in [-0.39, 0.29) is 12.2 Å². The molecule has 2 aromatic rings. The molecule has 0 amide bonds. The molecule has 1 aromatic carbocycles. The summed E-state index contributed by atoms with van der Waals surface area (Å²) in [5, 5.41) is 1.10. The first kappa shape index (κ1) is 12.2. The van der Waals surface area contributed by atoms with E-state index in [0.29, 0.717) is 15.7 Å². The fourth-order valence-corrected chi connectivity index (χ4v) is 2.15. The number of benzene rings is 1. The van der Waals surface area contributed by atoms with Gasteiger partial charge < -0.3 is 4.57 Å². The highest BCUT2D eigenvalue weighted by Crippen LogP contribution is 2.22. The summed E-state index contributed by atoms with van der Waals surface area (Å²) >= 11 is 11.8. The largest absolute Gasteiger partial charge is 0.348 e. The number of halogens is 2. The normalized spacial score (nSPS) is 10.5. The van der Waals surface area contributed by atoms with Crippen molar-refractivity contribution in [1.82, 2.24) is 4.57 Å². The average Bonchev–Trinajstić information content (AvgIpc) is 2.68. The van der Waals surface area contributed by atoms with Gasteiger partial charge in [0.15, 0.2) is 5.78 Å². The van der Waals surface area contributed by atoms with Gasteiger partial charge in [-0.05, 0) is 29.8 Å². The zero-order valence-corrected chi connectivity index (χ0v) is 10.8. The standard InChI is InChI=1S/C13H11Cl2NO/c1-16-6-2-3-12(16)13(17)7-9-4-5-10(14)8-11(9)15/h2-6,8H,7H2,1H3. The Morgan fingerprint density at radius 2 is 2.06 bits per heavy atom. The van der Waals surface area contributed by atoms with Crippen molar-refractivity contribution in [3.05, 3.63) is 57.8 Å². The molecule has 1 aromatic heterocycles. The van der Waals surface area contributed by atoms with E-state index in [1.54, 1.807) is 28.8 Å². The monoisotopic (exact) mass is 267 g/mol. The third kappa shape index (κ3) is 2.71. The number of aryl methyl sites for hydroxylation is 1. The molecule has 0 aliphatic carbocycles. The van der Waals surface area contributed by atoms with Gasteiger partial charge in [-0.3, -0.25) is 4.79 Å². The SMILES string of the molecule is Cn1cccc1C(=O)Cc1ccc(Cl)cc1Cl. The number of rotatable bonds is 3. The van der Waals surface area contributed by atoms with Gasteiger partial charge in [0.2, 0.25) is 0 Å². The molecular formula is C13H11Cl2NO. The summed E-state index contributed by atoms with van der Waals surface area (Å²) in [6.07, 6.45) is 2.13. The predicted molar refractivity (Wildman–Crippen MR) is 69.9 cm³/mol. The van der Waals surface area contributed by atoms with Crippen LogP contribution in [-0.2, 0) is 13.5 Å². The molecule has 0 atom stereocenters. The Kier molecular flexibility index (Phi) is 3.55. The van der Waals surface area contributed by atoms with Gasteiger partial charge in [-0.25, -0.2) is 0 Å². The highest BCUT2D eigenvalue weighted by molar-refractivity contribution is 6.35. The molecule has 0 saturated heterocycles. The van der Waals surface area contributed by atoms with Crippen LogP contribution in [0.25, 0.3) is 0 Å². The molecule has 0 saturated carbocycles. The first-order valence-corrected chi connectivity index (χ1v) is 5.92. The van der Waals surface area contributed by atoms with Crippen LogP contribution < -0.4 is 0 Å². The molecule has 1 heterocycles. The molecule has 0 radical (unpaired) electrons. The molecule has 0 N–H and O–H groups in total. The van der Waals surface area contributed by atoms with Crippen LogP contribution in [0.1, 0.15) is 16.1 Å². The fourth-order valence-electron chi connectivity index (χ4n) is 1.68. The molecule has 0 spiro atoms. The van der Waals surface area contributed by atoms with Crippen LogP contribution >= 0.6 is 23.2 Å². The van der Waals surface area contributed by atoms with Crippen LogP contribution in [0.15, 0.2) is 36.5 Å². The maximum absolute atomic E-state index is 12.0. The van der Waals surface area contributed by atoms with Crippen LogP contribution in [-0.4, -0.2) is 10.4 Å². The van der Waals surface area contributed by atoms with E-state index in [2.05, 4.69) is 0 Å². The lowest BCUT2D eigenvalue weighted by Crippen LogP contribution is -2.08. The summed E-state index contributed by atoms with van der Waals surface area (Å²) in [5.41, 5.74) is 1.47. The highest BCUT2D eigenvalue weighted by atomic mass is 35.5. The van der Waals surface area contributed by atoms with Crippen molar-refractivity contribution in [3.8, 4) is 0 Å². The Labute approximate surface area is 110 Å². The van der Waals surface area contributed by atoms with Crippen molar-refractivity contribution in [2.24, 2.45) is 7.05 Å². The number of ketones is 1. The van der Waals surface area contributed by atoms with E-state index in [1.807, 2.05) is 19.3 Å². The Morgan fingerprint density at radius 1 is 1.29 bits per heavy atom. The van der Waals surface area contributed by atoms with E-state index in [4.69, 9.17) is 23.2 Å². The molecule has 0 bridgehead atoms. The van der Waals surface area contributed by atoms with E-state index < -0.39 is 0 Å². The smallest absolute Gasteiger partial charge is 0.183 e. The number of hydrogen-bond donors (Lipinski definition) is 0. The fraction of sp³-hybridized carbons (Fsp3) is 0.154. The van der Waals surface area contributed by atoms with Gasteiger partial charge in [0, 0.05) is 29.7 Å². The van der Waals surface area contributed by atoms with Crippen LogP contribution in [0.2, 0.25) is 10.0 Å². The summed E-state index contributed by atoms with van der Waals surface area (Å²) < 4.78 is 1.80. The molecule has 4 heteroatoms. The van der Waals surface area contributed by atoms with Crippen LogP contribution in [0.4, 0.5) is 0 Å².